The fourth-order valence-corrected chi connectivity index (χ4v) is 4.01. The van der Waals surface area contributed by atoms with Crippen molar-refractivity contribution in [3.8, 4) is 11.3 Å². The van der Waals surface area contributed by atoms with Crippen LogP contribution in [0.4, 0.5) is 18.9 Å². The van der Waals surface area contributed by atoms with Crippen molar-refractivity contribution in [2.24, 2.45) is 7.05 Å². The number of hydrogen-bond donors (Lipinski definition) is 0. The molecule has 1 fully saturated rings. The molecule has 0 unspecified atom stereocenters. The Labute approximate surface area is 169 Å². The van der Waals surface area contributed by atoms with Crippen LogP contribution in [0.5, 0.6) is 0 Å². The summed E-state index contributed by atoms with van der Waals surface area (Å²) in [5.41, 5.74) is 1.62. The highest BCUT2D eigenvalue weighted by molar-refractivity contribution is 5.85. The van der Waals surface area contributed by atoms with Crippen LogP contribution in [0.2, 0.25) is 0 Å². The van der Waals surface area contributed by atoms with Crippen molar-refractivity contribution in [2.45, 2.75) is 19.0 Å². The van der Waals surface area contributed by atoms with Crippen LogP contribution >= 0.6 is 0 Å². The number of benzene rings is 1. The Morgan fingerprint density at radius 2 is 1.80 bits per heavy atom. The van der Waals surface area contributed by atoms with Gasteiger partial charge in [0.25, 0.3) is 5.56 Å². The van der Waals surface area contributed by atoms with Gasteiger partial charge in [-0.3, -0.25) is 14.3 Å². The molecular weight excluding hydrogens is 395 g/mol. The number of aromatic nitrogens is 4. The van der Waals surface area contributed by atoms with E-state index < -0.39 is 11.9 Å². The molecule has 0 radical (unpaired) electrons. The first-order valence-corrected chi connectivity index (χ1v) is 9.64. The average molecular weight is 413 g/mol. The molecule has 0 atom stereocenters. The van der Waals surface area contributed by atoms with E-state index in [1.165, 1.54) is 10.6 Å². The van der Waals surface area contributed by atoms with Crippen LogP contribution in [0.25, 0.3) is 27.8 Å². The molecule has 0 N–H and O–H groups in total. The van der Waals surface area contributed by atoms with Crippen LogP contribution in [0.1, 0.15) is 18.5 Å². The van der Waals surface area contributed by atoms with Gasteiger partial charge in [-0.05, 0) is 43.2 Å². The predicted molar refractivity (Wildman–Crippen MR) is 108 cm³/mol. The Hall–Kier alpha value is -3.36. The normalized spacial score (nSPS) is 14.9. The molecule has 0 amide bonds. The highest BCUT2D eigenvalue weighted by atomic mass is 19.4. The molecule has 5 rings (SSSR count). The van der Waals surface area contributed by atoms with E-state index in [9.17, 15) is 18.0 Å². The maximum Gasteiger partial charge on any atom is 0.433 e. The lowest BCUT2D eigenvalue weighted by atomic mass is 10.1. The molecule has 154 valence electrons. The largest absolute Gasteiger partial charge is 0.433 e. The van der Waals surface area contributed by atoms with Gasteiger partial charge in [0.05, 0.1) is 16.6 Å². The number of alkyl halides is 3. The number of hydrogen-bond acceptors (Lipinski definition) is 4. The lowest BCUT2D eigenvalue weighted by Gasteiger charge is -2.18. The van der Waals surface area contributed by atoms with Crippen LogP contribution in [0.15, 0.2) is 47.4 Å². The number of halogens is 3. The monoisotopic (exact) mass is 413 g/mol. The van der Waals surface area contributed by atoms with E-state index in [1.54, 1.807) is 23.7 Å². The summed E-state index contributed by atoms with van der Waals surface area (Å²) in [4.78, 5) is 18.5. The second kappa shape index (κ2) is 6.58. The first-order chi connectivity index (χ1) is 14.3. The van der Waals surface area contributed by atoms with E-state index in [4.69, 9.17) is 0 Å². The summed E-state index contributed by atoms with van der Waals surface area (Å²) in [6.07, 6.45) is -1.18. The van der Waals surface area contributed by atoms with Gasteiger partial charge in [-0.1, -0.05) is 0 Å². The summed E-state index contributed by atoms with van der Waals surface area (Å²) in [6, 6.07) is 9.73. The number of fused-ring (bicyclic) bond motifs is 3. The summed E-state index contributed by atoms with van der Waals surface area (Å²) < 4.78 is 42.3. The first-order valence-electron chi connectivity index (χ1n) is 9.64. The molecule has 1 saturated heterocycles. The minimum Gasteiger partial charge on any atom is -0.371 e. The minimum atomic E-state index is -4.54. The van der Waals surface area contributed by atoms with Crippen molar-refractivity contribution in [3.05, 3.63) is 58.6 Å². The maximum absolute atomic E-state index is 13.1. The van der Waals surface area contributed by atoms with Gasteiger partial charge in [-0.2, -0.15) is 18.3 Å². The van der Waals surface area contributed by atoms with Gasteiger partial charge >= 0.3 is 6.18 Å². The lowest BCUT2D eigenvalue weighted by molar-refractivity contribution is -0.141. The van der Waals surface area contributed by atoms with Gasteiger partial charge in [0, 0.05) is 43.7 Å². The second-order valence-corrected chi connectivity index (χ2v) is 7.49. The van der Waals surface area contributed by atoms with Gasteiger partial charge < -0.3 is 4.90 Å². The molecule has 30 heavy (non-hydrogen) atoms. The van der Waals surface area contributed by atoms with Gasteiger partial charge in [-0.15, -0.1) is 0 Å². The van der Waals surface area contributed by atoms with Gasteiger partial charge in [-0.25, -0.2) is 4.52 Å². The Morgan fingerprint density at radius 3 is 2.53 bits per heavy atom. The lowest BCUT2D eigenvalue weighted by Crippen LogP contribution is -2.21. The minimum absolute atomic E-state index is 0.178. The number of pyridine rings is 1. The molecule has 3 aromatic heterocycles. The maximum atomic E-state index is 13.1. The summed E-state index contributed by atoms with van der Waals surface area (Å²) in [7, 11) is 1.63. The number of rotatable bonds is 2. The van der Waals surface area contributed by atoms with Crippen molar-refractivity contribution >= 4 is 22.2 Å². The first kappa shape index (κ1) is 18.7. The van der Waals surface area contributed by atoms with Crippen LogP contribution in [0, 0.1) is 0 Å². The Morgan fingerprint density at radius 1 is 1.03 bits per heavy atom. The molecule has 4 aromatic rings. The molecule has 0 bridgehead atoms. The quantitative estimate of drug-likeness (QED) is 0.501. The third-order valence-corrected chi connectivity index (χ3v) is 5.60. The van der Waals surface area contributed by atoms with E-state index in [0.29, 0.717) is 22.2 Å². The van der Waals surface area contributed by atoms with E-state index in [-0.39, 0.29) is 11.1 Å². The summed E-state index contributed by atoms with van der Waals surface area (Å²) >= 11 is 0. The molecule has 1 aromatic carbocycles. The van der Waals surface area contributed by atoms with E-state index >= 15 is 0 Å². The van der Waals surface area contributed by atoms with Crippen molar-refractivity contribution in [3.63, 3.8) is 0 Å². The molecule has 0 saturated carbocycles. The highest BCUT2D eigenvalue weighted by Crippen LogP contribution is 2.31. The molecule has 0 spiro atoms. The molecule has 9 heteroatoms. The topological polar surface area (TPSA) is 55.4 Å². The van der Waals surface area contributed by atoms with Crippen molar-refractivity contribution in [2.75, 3.05) is 18.0 Å². The zero-order valence-corrected chi connectivity index (χ0v) is 16.1. The molecule has 1 aliphatic rings. The SMILES string of the molecule is Cn1c(=O)c2ccc(N3CCCC3)cc2n2nc(-c3ccnc(C(F)(F)F)c3)cc12. The van der Waals surface area contributed by atoms with Gasteiger partial charge in [0.15, 0.2) is 0 Å². The van der Waals surface area contributed by atoms with Crippen LogP contribution in [-0.2, 0) is 13.2 Å². The smallest absolute Gasteiger partial charge is 0.371 e. The predicted octanol–water partition coefficient (Wildman–Crippen LogP) is 3.87. The van der Waals surface area contributed by atoms with Crippen molar-refractivity contribution < 1.29 is 13.2 Å². The molecule has 1 aliphatic heterocycles. The molecule has 6 nitrogen and oxygen atoms in total. The Bertz CT molecular complexity index is 1330. The van der Waals surface area contributed by atoms with E-state index in [2.05, 4.69) is 15.0 Å². The Balaban J connectivity index is 1.73. The third kappa shape index (κ3) is 2.92. The Kier molecular flexibility index (Phi) is 4.09. The standard InChI is InChI=1S/C21H18F3N5O/c1-27-19-12-16(13-6-7-25-18(10-13)21(22,23)24)26-29(19)17-11-14(28-8-2-3-9-28)4-5-15(17)20(27)30/h4-7,10-12H,2-3,8-9H2,1H3. The van der Waals surface area contributed by atoms with Crippen molar-refractivity contribution in [1.82, 2.24) is 19.2 Å². The fourth-order valence-electron chi connectivity index (χ4n) is 4.01. The molecular formula is C21H18F3N5O. The summed E-state index contributed by atoms with van der Waals surface area (Å²) in [5.74, 6) is 0. The van der Waals surface area contributed by atoms with E-state index in [1.807, 2.05) is 12.1 Å². The van der Waals surface area contributed by atoms with Crippen molar-refractivity contribution in [1.29, 1.82) is 0 Å². The number of anilines is 1. The zero-order valence-electron chi connectivity index (χ0n) is 16.1. The molecule has 0 aliphatic carbocycles. The highest BCUT2D eigenvalue weighted by Gasteiger charge is 2.32. The van der Waals surface area contributed by atoms with Gasteiger partial charge in [0.1, 0.15) is 11.3 Å². The number of aryl methyl sites for hydroxylation is 1. The van der Waals surface area contributed by atoms with E-state index in [0.717, 1.165) is 43.9 Å². The van der Waals surface area contributed by atoms with Crippen LogP contribution < -0.4 is 10.5 Å². The van der Waals surface area contributed by atoms with Gasteiger partial charge in [0.2, 0.25) is 0 Å². The summed E-state index contributed by atoms with van der Waals surface area (Å²) in [5, 5.41) is 5.05. The van der Waals surface area contributed by atoms with Crippen LogP contribution in [0.3, 0.4) is 0 Å². The van der Waals surface area contributed by atoms with Crippen LogP contribution in [-0.4, -0.2) is 32.3 Å². The fraction of sp³-hybridized carbons (Fsp3) is 0.286. The summed E-state index contributed by atoms with van der Waals surface area (Å²) in [6.45, 7) is 1.92. The number of nitrogens with zero attached hydrogens (tertiary/aromatic N) is 5. The zero-order chi connectivity index (χ0) is 21.0. The average Bonchev–Trinajstić information content (AvgIpc) is 3.41. The molecule has 4 heterocycles. The third-order valence-electron chi connectivity index (χ3n) is 5.60. The second-order valence-electron chi connectivity index (χ2n) is 7.49.